The molecule has 3 aliphatic rings. The average molecular weight is 916 g/mol. The molecular formula is C43H85N3O15S. The number of methoxy groups -OCH3 is 1. The molecule has 0 saturated carbocycles. The monoisotopic (exact) mass is 916 g/mol. The molecule has 0 aliphatic carbocycles. The van der Waals surface area contributed by atoms with Gasteiger partial charge in [0, 0.05) is 38.1 Å². The first-order valence-electron chi connectivity index (χ1n) is 22.4. The van der Waals surface area contributed by atoms with Crippen LogP contribution in [0.2, 0.25) is 0 Å². The minimum Gasteiger partial charge on any atom is -0.459 e. The van der Waals surface area contributed by atoms with Crippen molar-refractivity contribution in [1.29, 1.82) is 0 Å². The summed E-state index contributed by atoms with van der Waals surface area (Å²) in [5.41, 5.74) is -5.95. The molecule has 0 aromatic heterocycles. The smallest absolute Gasteiger partial charge is 0.311 e. The van der Waals surface area contributed by atoms with Gasteiger partial charge in [0.25, 0.3) is 10.1 Å². The molecule has 3 fully saturated rings. The van der Waals surface area contributed by atoms with Crippen LogP contribution >= 0.6 is 0 Å². The predicted molar refractivity (Wildman–Crippen MR) is 234 cm³/mol. The highest BCUT2D eigenvalue weighted by Crippen LogP contribution is 2.43. The summed E-state index contributed by atoms with van der Waals surface area (Å²) >= 11 is 0. The quantitative estimate of drug-likeness (QED) is 0.0790. The standard InChI is InChI=1S/C41H79N3O12.C2H6O3S/c1-15-17-42-22-41(50)28(8)53-31(20-39(41,10)51-14)55-33-25(5)35(56-37-32(45)29(44(12)13)18-24(4)52-37)38(9,48)19-23(3)21-43-27(7)34(46)40(11,49)30(16-2)54-36(47)26(33)6;1-2-6(3,4)5/h23-35,37,42-43,45-46,48-50H,15-22H2,1-14H3;2H2,1H3,(H,3,4,5)/t23-,24-,25+,26-,27-,28+,29+,30-,31+,32-,33+,34-,35-,37+,38-,39-,40-,41+;/m1./s1. The van der Waals surface area contributed by atoms with Crippen LogP contribution in [-0.2, 0) is 43.3 Å². The van der Waals surface area contributed by atoms with Crippen molar-refractivity contribution < 1.29 is 71.7 Å². The van der Waals surface area contributed by atoms with E-state index in [9.17, 15) is 38.7 Å². The molecule has 0 aromatic carbocycles. The Morgan fingerprint density at radius 1 is 0.952 bits per heavy atom. The Hall–Kier alpha value is -1.14. The van der Waals surface area contributed by atoms with Crippen LogP contribution in [-0.4, -0.2) is 186 Å². The molecule has 3 aliphatic heterocycles. The number of cyclic esters (lactones) is 1. The second-order valence-electron chi connectivity index (χ2n) is 19.1. The Morgan fingerprint density at radius 3 is 2.06 bits per heavy atom. The van der Waals surface area contributed by atoms with Gasteiger partial charge in [0.15, 0.2) is 12.6 Å². The lowest BCUT2D eigenvalue weighted by Gasteiger charge is -2.53. The number of carbonyl (C=O) groups excluding carboxylic acids is 1. The van der Waals surface area contributed by atoms with Crippen LogP contribution in [0.1, 0.15) is 115 Å². The normalized spacial score (nSPS) is 44.4. The van der Waals surface area contributed by atoms with Gasteiger partial charge in [-0.3, -0.25) is 9.35 Å². The van der Waals surface area contributed by atoms with E-state index < -0.39 is 106 Å². The number of likely N-dealkylation sites (N-methyl/N-ethyl adjacent to an activating group) is 1. The van der Waals surface area contributed by atoms with E-state index in [-0.39, 0.29) is 49.6 Å². The number of nitrogens with one attached hydrogen (secondary N) is 2. The predicted octanol–water partition coefficient (Wildman–Crippen LogP) is 1.82. The zero-order valence-corrected chi connectivity index (χ0v) is 41.0. The van der Waals surface area contributed by atoms with E-state index in [0.29, 0.717) is 19.5 Å². The lowest BCUT2D eigenvalue weighted by molar-refractivity contribution is -0.336. The molecular weight excluding hydrogens is 831 g/mol. The van der Waals surface area contributed by atoms with E-state index >= 15 is 0 Å². The van der Waals surface area contributed by atoms with Gasteiger partial charge in [-0.15, -0.1) is 0 Å². The van der Waals surface area contributed by atoms with Crippen molar-refractivity contribution in [2.45, 2.75) is 205 Å². The molecule has 0 bridgehead atoms. The van der Waals surface area contributed by atoms with Crippen molar-refractivity contribution in [3.05, 3.63) is 0 Å². The fourth-order valence-corrected chi connectivity index (χ4v) is 9.21. The Balaban J connectivity index is 0.00000205. The average Bonchev–Trinajstić information content (AvgIpc) is 3.18. The molecule has 0 aromatic rings. The second kappa shape index (κ2) is 23.5. The molecule has 3 heterocycles. The third kappa shape index (κ3) is 14.4. The maximum Gasteiger partial charge on any atom is 0.311 e. The summed E-state index contributed by atoms with van der Waals surface area (Å²) in [7, 11) is 1.64. The van der Waals surface area contributed by atoms with Crippen LogP contribution in [0.4, 0.5) is 0 Å². The summed E-state index contributed by atoms with van der Waals surface area (Å²) in [6.45, 7) is 22.3. The summed E-state index contributed by atoms with van der Waals surface area (Å²) in [4.78, 5) is 16.2. The van der Waals surface area contributed by atoms with Gasteiger partial charge in [-0.1, -0.05) is 27.7 Å². The van der Waals surface area contributed by atoms with Crippen molar-refractivity contribution in [2.24, 2.45) is 17.8 Å². The van der Waals surface area contributed by atoms with Gasteiger partial charge in [-0.2, -0.15) is 8.42 Å². The Morgan fingerprint density at radius 2 is 1.55 bits per heavy atom. The Bertz CT molecular complexity index is 1480. The third-order valence-electron chi connectivity index (χ3n) is 13.4. The maximum atomic E-state index is 14.3. The molecule has 0 amide bonds. The van der Waals surface area contributed by atoms with E-state index in [1.165, 1.54) is 21.0 Å². The Labute approximate surface area is 371 Å². The number of esters is 1. The first-order valence-corrected chi connectivity index (χ1v) is 24.0. The zero-order chi connectivity index (χ0) is 47.8. The summed E-state index contributed by atoms with van der Waals surface area (Å²) in [6, 6.07) is -0.877. The number of ether oxygens (including phenoxy) is 6. The van der Waals surface area contributed by atoms with Crippen LogP contribution in [0.15, 0.2) is 0 Å². The van der Waals surface area contributed by atoms with Gasteiger partial charge in [-0.25, -0.2) is 0 Å². The van der Waals surface area contributed by atoms with Crippen molar-refractivity contribution >= 4 is 16.1 Å². The van der Waals surface area contributed by atoms with Crippen molar-refractivity contribution in [1.82, 2.24) is 15.5 Å². The molecule has 8 N–H and O–H groups in total. The van der Waals surface area contributed by atoms with Gasteiger partial charge < -0.3 is 69.5 Å². The first-order chi connectivity index (χ1) is 28.5. The van der Waals surface area contributed by atoms with Gasteiger partial charge in [0.2, 0.25) is 0 Å². The van der Waals surface area contributed by atoms with Crippen molar-refractivity contribution in [2.75, 3.05) is 46.6 Å². The second-order valence-corrected chi connectivity index (χ2v) is 20.8. The van der Waals surface area contributed by atoms with E-state index in [1.807, 2.05) is 53.6 Å². The minimum atomic E-state index is -3.66. The fourth-order valence-electron chi connectivity index (χ4n) is 9.21. The number of rotatable bonds is 12. The van der Waals surface area contributed by atoms with E-state index in [1.54, 1.807) is 34.6 Å². The van der Waals surface area contributed by atoms with Gasteiger partial charge in [0.05, 0.1) is 41.7 Å². The largest absolute Gasteiger partial charge is 0.459 e. The molecule has 18 atom stereocenters. The number of carbonyl (C=O) groups is 1. The van der Waals surface area contributed by atoms with E-state index in [0.717, 1.165) is 6.42 Å². The van der Waals surface area contributed by atoms with Gasteiger partial charge in [-0.05, 0) is 114 Å². The summed E-state index contributed by atoms with van der Waals surface area (Å²) in [5, 5.41) is 65.8. The maximum absolute atomic E-state index is 14.3. The highest BCUT2D eigenvalue weighted by Gasteiger charge is 2.58. The lowest BCUT2D eigenvalue weighted by Crippen LogP contribution is -2.70. The highest BCUT2D eigenvalue weighted by atomic mass is 32.2. The third-order valence-corrected chi connectivity index (χ3v) is 14.1. The van der Waals surface area contributed by atoms with Crippen molar-refractivity contribution in [3.63, 3.8) is 0 Å². The molecule has 0 radical (unpaired) electrons. The SMILES string of the molecule is CCCNC[C@]1(O)[C@H](C)O[C@@H](O[C@H]2[C@H](C)[C@@H](O[C@@H]3O[C@H](C)C[C@H](N(C)C)[C@H]3O)[C@](C)(O)C[C@@H](C)CN[C@H](C)[C@@H](O)[C@](C)(O)[C@@H](CC)OC(=O)[C@@H]2C)C[C@@]1(C)OC.CCS(=O)(=O)O. The molecule has 3 saturated heterocycles. The van der Waals surface area contributed by atoms with Crippen LogP contribution in [0.3, 0.4) is 0 Å². The number of hydrogen-bond donors (Lipinski definition) is 8. The van der Waals surface area contributed by atoms with Crippen molar-refractivity contribution in [3.8, 4) is 0 Å². The summed E-state index contributed by atoms with van der Waals surface area (Å²) in [5.74, 6) is -2.87. The van der Waals surface area contributed by atoms with Crippen LogP contribution in [0.5, 0.6) is 0 Å². The highest BCUT2D eigenvalue weighted by molar-refractivity contribution is 7.85. The Kier molecular flexibility index (Phi) is 21.6. The summed E-state index contributed by atoms with van der Waals surface area (Å²) in [6.07, 6.45) is -6.71. The topological polar surface area (TPSA) is 255 Å². The summed E-state index contributed by atoms with van der Waals surface area (Å²) < 4.78 is 65.2. The number of aliphatic hydroxyl groups is 5. The van der Waals surface area contributed by atoms with Gasteiger partial charge >= 0.3 is 5.97 Å². The molecule has 19 heteroatoms. The number of hydrogen-bond acceptors (Lipinski definition) is 17. The van der Waals surface area contributed by atoms with E-state index in [2.05, 4.69) is 10.6 Å². The molecule has 62 heavy (non-hydrogen) atoms. The fraction of sp³-hybridized carbons (Fsp3) is 0.977. The first kappa shape index (κ1) is 57.0. The number of nitrogens with zero attached hydrogens (tertiary/aromatic N) is 1. The van der Waals surface area contributed by atoms with E-state index in [4.69, 9.17) is 33.0 Å². The van der Waals surface area contributed by atoms with Crippen LogP contribution in [0.25, 0.3) is 0 Å². The molecule has 18 nitrogen and oxygen atoms in total. The van der Waals surface area contributed by atoms with Crippen LogP contribution in [0, 0.1) is 17.8 Å². The lowest BCUT2D eigenvalue weighted by atomic mass is 9.75. The minimum absolute atomic E-state index is 0.0939. The molecule has 0 unspecified atom stereocenters. The molecule has 368 valence electrons. The molecule has 3 rings (SSSR count). The zero-order valence-electron chi connectivity index (χ0n) is 40.2. The van der Waals surface area contributed by atoms with Crippen LogP contribution < -0.4 is 10.6 Å². The van der Waals surface area contributed by atoms with Gasteiger partial charge in [0.1, 0.15) is 35.1 Å². The number of aliphatic hydroxyl groups excluding tert-OH is 2. The molecule has 0 spiro atoms.